The zero-order chi connectivity index (χ0) is 13.1. The fraction of sp³-hybridized carbons (Fsp3) is 0.500. The van der Waals surface area contributed by atoms with E-state index in [0.717, 1.165) is 23.5 Å². The summed E-state index contributed by atoms with van der Waals surface area (Å²) in [6.45, 7) is 4.26. The maximum Gasteiger partial charge on any atom is 0.239 e. The van der Waals surface area contributed by atoms with Crippen LogP contribution in [-0.4, -0.2) is 39.4 Å². The van der Waals surface area contributed by atoms with Gasteiger partial charge in [0.15, 0.2) is 0 Å². The molecule has 2 aromatic heterocycles. The molecule has 0 radical (unpaired) electrons. The van der Waals surface area contributed by atoms with E-state index in [1.54, 1.807) is 11.3 Å². The van der Waals surface area contributed by atoms with Crippen molar-refractivity contribution in [2.45, 2.75) is 25.8 Å². The predicted molar refractivity (Wildman–Crippen MR) is 77.5 cm³/mol. The fourth-order valence-electron chi connectivity index (χ4n) is 2.56. The van der Waals surface area contributed by atoms with E-state index >= 15 is 0 Å². The van der Waals surface area contributed by atoms with Gasteiger partial charge in [0.2, 0.25) is 5.88 Å². The van der Waals surface area contributed by atoms with E-state index in [1.165, 1.54) is 32.4 Å². The highest BCUT2D eigenvalue weighted by Crippen LogP contribution is 2.31. The Kier molecular flexibility index (Phi) is 3.84. The molecule has 3 rings (SSSR count). The van der Waals surface area contributed by atoms with E-state index in [0.29, 0.717) is 0 Å². The number of thiophene rings is 1. The topological polar surface area (TPSA) is 41.3 Å². The molecular formula is C14H19N3OS. The molecule has 0 aromatic carbocycles. The first-order valence-electron chi connectivity index (χ1n) is 6.85. The Bertz CT molecular complexity index is 515. The number of nitrogens with zero attached hydrogens (tertiary/aromatic N) is 3. The van der Waals surface area contributed by atoms with Gasteiger partial charge in [0.25, 0.3) is 0 Å². The summed E-state index contributed by atoms with van der Waals surface area (Å²) in [5.74, 6) is 0.140. The molecule has 4 nitrogen and oxygen atoms in total. The Balaban J connectivity index is 1.64. The summed E-state index contributed by atoms with van der Waals surface area (Å²) < 4.78 is 1.86. The van der Waals surface area contributed by atoms with Crippen LogP contribution in [0, 0.1) is 0 Å². The number of aromatic hydroxyl groups is 1. The standard InChI is InChI=1S/C14H19N3OS/c18-14-12(13-5-4-10-19-13)11-17(15-14)9-8-16-6-2-1-3-7-16/h4-5,10-11H,1-3,6-9H2,(H,15,18). The lowest BCUT2D eigenvalue weighted by Crippen LogP contribution is -2.32. The van der Waals surface area contributed by atoms with Gasteiger partial charge in [-0.3, -0.25) is 4.68 Å². The highest BCUT2D eigenvalue weighted by molar-refractivity contribution is 7.13. The first-order valence-corrected chi connectivity index (χ1v) is 7.73. The first-order chi connectivity index (χ1) is 9.33. The Labute approximate surface area is 117 Å². The van der Waals surface area contributed by atoms with Gasteiger partial charge in [-0.2, -0.15) is 0 Å². The van der Waals surface area contributed by atoms with Crippen molar-refractivity contribution < 1.29 is 5.11 Å². The Hall–Kier alpha value is -1.33. The van der Waals surface area contributed by atoms with Crippen molar-refractivity contribution in [3.8, 4) is 16.3 Å². The van der Waals surface area contributed by atoms with Gasteiger partial charge in [-0.15, -0.1) is 16.4 Å². The van der Waals surface area contributed by atoms with Gasteiger partial charge in [0, 0.05) is 17.6 Å². The van der Waals surface area contributed by atoms with Crippen molar-refractivity contribution in [1.82, 2.24) is 14.7 Å². The number of rotatable bonds is 4. The average Bonchev–Trinajstić information content (AvgIpc) is 3.07. The minimum Gasteiger partial charge on any atom is -0.492 e. The summed E-state index contributed by atoms with van der Waals surface area (Å²) in [7, 11) is 0. The minimum absolute atomic E-state index is 0.140. The third kappa shape index (κ3) is 2.98. The van der Waals surface area contributed by atoms with Crippen LogP contribution in [0.3, 0.4) is 0 Å². The summed E-state index contributed by atoms with van der Waals surface area (Å²) in [5, 5.41) is 16.1. The number of aromatic nitrogens is 2. The highest BCUT2D eigenvalue weighted by atomic mass is 32.1. The van der Waals surface area contributed by atoms with E-state index in [1.807, 2.05) is 28.4 Å². The summed E-state index contributed by atoms with van der Waals surface area (Å²) in [6, 6.07) is 4.00. The molecule has 0 saturated carbocycles. The lowest BCUT2D eigenvalue weighted by Gasteiger charge is -2.26. The minimum atomic E-state index is 0.140. The van der Waals surface area contributed by atoms with Crippen LogP contribution in [0.5, 0.6) is 5.88 Å². The highest BCUT2D eigenvalue weighted by Gasteiger charge is 2.13. The zero-order valence-corrected chi connectivity index (χ0v) is 11.8. The second-order valence-corrected chi connectivity index (χ2v) is 5.96. The number of likely N-dealkylation sites (tertiary alicyclic amines) is 1. The lowest BCUT2D eigenvalue weighted by molar-refractivity contribution is 0.217. The van der Waals surface area contributed by atoms with E-state index < -0.39 is 0 Å². The van der Waals surface area contributed by atoms with Crippen molar-refractivity contribution >= 4 is 11.3 Å². The maximum absolute atomic E-state index is 9.90. The van der Waals surface area contributed by atoms with Gasteiger partial charge in [0.05, 0.1) is 12.1 Å². The molecule has 2 aromatic rings. The van der Waals surface area contributed by atoms with Gasteiger partial charge >= 0.3 is 0 Å². The van der Waals surface area contributed by atoms with Crippen LogP contribution in [0.2, 0.25) is 0 Å². The number of hydrogen-bond acceptors (Lipinski definition) is 4. The van der Waals surface area contributed by atoms with E-state index in [-0.39, 0.29) is 5.88 Å². The van der Waals surface area contributed by atoms with Crippen LogP contribution in [0.15, 0.2) is 23.7 Å². The normalized spacial score (nSPS) is 16.8. The summed E-state index contributed by atoms with van der Waals surface area (Å²) in [4.78, 5) is 3.55. The van der Waals surface area contributed by atoms with E-state index in [2.05, 4.69) is 10.00 Å². The fourth-order valence-corrected chi connectivity index (χ4v) is 3.29. The Morgan fingerprint density at radius 2 is 2.05 bits per heavy atom. The van der Waals surface area contributed by atoms with Crippen molar-refractivity contribution in [2.24, 2.45) is 0 Å². The third-order valence-electron chi connectivity index (χ3n) is 3.62. The molecule has 0 amide bonds. The quantitative estimate of drug-likeness (QED) is 0.934. The second kappa shape index (κ2) is 5.75. The van der Waals surface area contributed by atoms with Crippen molar-refractivity contribution in [2.75, 3.05) is 19.6 Å². The van der Waals surface area contributed by atoms with Gasteiger partial charge in [-0.25, -0.2) is 0 Å². The molecule has 1 N–H and O–H groups in total. The van der Waals surface area contributed by atoms with Gasteiger partial charge in [-0.05, 0) is 37.4 Å². The molecule has 1 fully saturated rings. The van der Waals surface area contributed by atoms with E-state index in [4.69, 9.17) is 0 Å². The summed E-state index contributed by atoms with van der Waals surface area (Å²) >= 11 is 1.63. The SMILES string of the molecule is Oc1nn(CCN2CCCCC2)cc1-c1cccs1. The number of hydrogen-bond donors (Lipinski definition) is 1. The van der Waals surface area contributed by atoms with Crippen LogP contribution >= 0.6 is 11.3 Å². The molecule has 0 unspecified atom stereocenters. The third-order valence-corrected chi connectivity index (χ3v) is 4.53. The molecule has 0 aliphatic carbocycles. The van der Waals surface area contributed by atoms with Crippen LogP contribution in [0.25, 0.3) is 10.4 Å². The average molecular weight is 277 g/mol. The van der Waals surface area contributed by atoms with Crippen molar-refractivity contribution in [3.05, 3.63) is 23.7 Å². The molecule has 5 heteroatoms. The molecule has 1 aliphatic rings. The lowest BCUT2D eigenvalue weighted by atomic mass is 10.1. The molecule has 0 spiro atoms. The number of piperidine rings is 1. The molecule has 102 valence electrons. The largest absolute Gasteiger partial charge is 0.492 e. The van der Waals surface area contributed by atoms with Crippen LogP contribution in [0.4, 0.5) is 0 Å². The van der Waals surface area contributed by atoms with Crippen LogP contribution in [-0.2, 0) is 6.54 Å². The summed E-state index contributed by atoms with van der Waals surface area (Å²) in [6.07, 6.45) is 5.93. The van der Waals surface area contributed by atoms with Gasteiger partial charge in [0.1, 0.15) is 0 Å². The summed E-state index contributed by atoms with van der Waals surface area (Å²) in [5.41, 5.74) is 0.841. The first kappa shape index (κ1) is 12.7. The second-order valence-electron chi connectivity index (χ2n) is 5.01. The molecule has 19 heavy (non-hydrogen) atoms. The molecule has 1 saturated heterocycles. The van der Waals surface area contributed by atoms with Crippen LogP contribution < -0.4 is 0 Å². The molecule has 3 heterocycles. The molecule has 0 atom stereocenters. The van der Waals surface area contributed by atoms with Crippen LogP contribution in [0.1, 0.15) is 19.3 Å². The predicted octanol–water partition coefficient (Wildman–Crippen LogP) is 2.80. The Morgan fingerprint density at radius 3 is 2.79 bits per heavy atom. The molecule has 1 aliphatic heterocycles. The van der Waals surface area contributed by atoms with E-state index in [9.17, 15) is 5.11 Å². The monoisotopic (exact) mass is 277 g/mol. The maximum atomic E-state index is 9.90. The van der Waals surface area contributed by atoms with Gasteiger partial charge in [-0.1, -0.05) is 12.5 Å². The van der Waals surface area contributed by atoms with Crippen molar-refractivity contribution in [3.63, 3.8) is 0 Å². The smallest absolute Gasteiger partial charge is 0.239 e. The van der Waals surface area contributed by atoms with Gasteiger partial charge < -0.3 is 10.0 Å². The Morgan fingerprint density at radius 1 is 1.21 bits per heavy atom. The molecule has 0 bridgehead atoms. The van der Waals surface area contributed by atoms with Crippen molar-refractivity contribution in [1.29, 1.82) is 0 Å². The molecular weight excluding hydrogens is 258 g/mol. The zero-order valence-electron chi connectivity index (χ0n) is 11.0.